The monoisotopic (exact) mass is 364 g/mol. The number of anilines is 1. The summed E-state index contributed by atoms with van der Waals surface area (Å²) in [5.74, 6) is 0.0525. The summed E-state index contributed by atoms with van der Waals surface area (Å²) in [6.07, 6.45) is 0.841. The van der Waals surface area contributed by atoms with Crippen molar-refractivity contribution in [3.8, 4) is 11.5 Å². The number of hydrogen-bond acceptors (Lipinski definition) is 8. The smallest absolute Gasteiger partial charge is 0.257 e. The van der Waals surface area contributed by atoms with E-state index in [1.807, 2.05) is 5.55 Å². The van der Waals surface area contributed by atoms with Crippen molar-refractivity contribution in [3.05, 3.63) is 29.3 Å². The van der Waals surface area contributed by atoms with Crippen molar-refractivity contribution in [2.24, 2.45) is 4.99 Å². The first-order valence-corrected chi connectivity index (χ1v) is 9.15. The fraction of sp³-hybridized carbons (Fsp3) is 0.333. The highest BCUT2D eigenvalue weighted by atomic mass is 32.2. The Balaban J connectivity index is 1.59. The van der Waals surface area contributed by atoms with Gasteiger partial charge in [0.15, 0.2) is 0 Å². The summed E-state index contributed by atoms with van der Waals surface area (Å²) in [5, 5.41) is 20.6. The molecule has 9 heteroatoms. The molecule has 2 aromatic rings. The zero-order chi connectivity index (χ0) is 16.9. The lowest BCUT2D eigenvalue weighted by molar-refractivity contribution is 0.102. The first kappa shape index (κ1) is 16.7. The van der Waals surface area contributed by atoms with E-state index in [1.165, 1.54) is 29.0 Å². The first-order chi connectivity index (χ1) is 11.6. The van der Waals surface area contributed by atoms with Crippen molar-refractivity contribution < 1.29 is 14.6 Å². The summed E-state index contributed by atoms with van der Waals surface area (Å²) in [7, 11) is 0. The van der Waals surface area contributed by atoms with Crippen molar-refractivity contribution in [2.75, 3.05) is 11.9 Å². The quantitative estimate of drug-likeness (QED) is 0.818. The van der Waals surface area contributed by atoms with Gasteiger partial charge in [-0.2, -0.15) is 0 Å². The molecule has 0 radical (unpaired) electrons. The maximum atomic E-state index is 12.2. The average Bonchev–Trinajstić information content (AvgIpc) is 3.19. The predicted octanol–water partition coefficient (Wildman–Crippen LogP) is 2.80. The zero-order valence-corrected chi connectivity index (χ0v) is 14.5. The molecule has 1 aliphatic heterocycles. The van der Waals surface area contributed by atoms with Gasteiger partial charge in [-0.15, -0.1) is 22.0 Å². The number of ether oxygens (including phenoxy) is 1. The van der Waals surface area contributed by atoms with E-state index in [-0.39, 0.29) is 17.7 Å². The number of phenols is 1. The van der Waals surface area contributed by atoms with Gasteiger partial charge < -0.3 is 9.84 Å². The summed E-state index contributed by atoms with van der Waals surface area (Å²) in [6.45, 7) is 2.57. The first-order valence-electron chi connectivity index (χ1n) is 7.33. The van der Waals surface area contributed by atoms with Crippen LogP contribution in [0.5, 0.6) is 11.5 Å². The van der Waals surface area contributed by atoms with E-state index in [4.69, 9.17) is 4.74 Å². The molecule has 0 spiro atoms. The summed E-state index contributed by atoms with van der Waals surface area (Å²) < 4.78 is 5.69. The van der Waals surface area contributed by atoms with Crippen LogP contribution in [0.4, 0.5) is 5.13 Å². The van der Waals surface area contributed by atoms with Crippen molar-refractivity contribution in [1.82, 2.24) is 10.2 Å². The number of nitrogens with one attached hydrogen (secondary N) is 1. The second-order valence-corrected chi connectivity index (χ2v) is 7.14. The lowest BCUT2D eigenvalue weighted by atomic mass is 10.2. The Morgan fingerprint density at radius 1 is 1.42 bits per heavy atom. The number of phenolic OH excluding ortho intramolecular Hbond substituents is 1. The van der Waals surface area contributed by atoms with Crippen LogP contribution in [0, 0.1) is 0 Å². The minimum Gasteiger partial charge on any atom is -0.508 e. The molecule has 24 heavy (non-hydrogen) atoms. The Morgan fingerprint density at radius 3 is 3.00 bits per heavy atom. The zero-order valence-electron chi connectivity index (χ0n) is 12.9. The SMILES string of the molecule is CC1N=CSC1CCOc1cc(O)cc(C(=O)Nc2nncs2)c1. The topological polar surface area (TPSA) is 96.7 Å². The van der Waals surface area contributed by atoms with E-state index in [2.05, 4.69) is 27.4 Å². The number of amides is 1. The number of rotatable bonds is 6. The van der Waals surface area contributed by atoms with E-state index in [1.54, 1.807) is 17.8 Å². The van der Waals surface area contributed by atoms with Gasteiger partial charge in [-0.05, 0) is 25.5 Å². The normalized spacial score (nSPS) is 19.4. The van der Waals surface area contributed by atoms with Crippen LogP contribution >= 0.6 is 23.1 Å². The van der Waals surface area contributed by atoms with Gasteiger partial charge in [0.05, 0.1) is 18.2 Å². The number of carbonyl (C=O) groups excluding carboxylic acids is 1. The van der Waals surface area contributed by atoms with Gasteiger partial charge in [-0.1, -0.05) is 11.3 Å². The fourth-order valence-electron chi connectivity index (χ4n) is 2.22. The van der Waals surface area contributed by atoms with Crippen LogP contribution in [-0.2, 0) is 0 Å². The number of carbonyl (C=O) groups is 1. The molecule has 0 bridgehead atoms. The lowest BCUT2D eigenvalue weighted by Gasteiger charge is -2.14. The van der Waals surface area contributed by atoms with Gasteiger partial charge in [0.2, 0.25) is 5.13 Å². The van der Waals surface area contributed by atoms with Crippen LogP contribution in [0.25, 0.3) is 0 Å². The van der Waals surface area contributed by atoms with Gasteiger partial charge in [0.1, 0.15) is 17.0 Å². The largest absolute Gasteiger partial charge is 0.508 e. The second kappa shape index (κ2) is 7.63. The molecule has 0 fully saturated rings. The summed E-state index contributed by atoms with van der Waals surface area (Å²) >= 11 is 2.92. The predicted molar refractivity (Wildman–Crippen MR) is 95.4 cm³/mol. The number of benzene rings is 1. The minimum absolute atomic E-state index is 0.0261. The van der Waals surface area contributed by atoms with Crippen molar-refractivity contribution in [3.63, 3.8) is 0 Å². The van der Waals surface area contributed by atoms with Crippen molar-refractivity contribution in [1.29, 1.82) is 0 Å². The van der Waals surface area contributed by atoms with Crippen LogP contribution < -0.4 is 10.1 Å². The van der Waals surface area contributed by atoms with Crippen LogP contribution in [0.15, 0.2) is 28.7 Å². The average molecular weight is 364 g/mol. The third kappa shape index (κ3) is 4.24. The van der Waals surface area contributed by atoms with E-state index < -0.39 is 0 Å². The number of aromatic nitrogens is 2. The van der Waals surface area contributed by atoms with Crippen molar-refractivity contribution in [2.45, 2.75) is 24.6 Å². The number of thioether (sulfide) groups is 1. The maximum Gasteiger partial charge on any atom is 0.257 e. The molecule has 1 aromatic heterocycles. The van der Waals surface area contributed by atoms with E-state index in [0.29, 0.717) is 28.3 Å². The molecule has 2 atom stereocenters. The maximum absolute atomic E-state index is 12.2. The number of aliphatic imine (C=N–C) groups is 1. The molecule has 0 aliphatic carbocycles. The third-order valence-corrected chi connectivity index (χ3v) is 5.30. The molecule has 1 aliphatic rings. The van der Waals surface area contributed by atoms with Gasteiger partial charge in [-0.25, -0.2) is 0 Å². The molecule has 2 heterocycles. The van der Waals surface area contributed by atoms with Crippen LogP contribution in [0.2, 0.25) is 0 Å². The molecular formula is C15H16N4O3S2. The highest BCUT2D eigenvalue weighted by Gasteiger charge is 2.20. The fourth-order valence-corrected chi connectivity index (χ4v) is 3.60. The molecule has 3 rings (SSSR count). The summed E-state index contributed by atoms with van der Waals surface area (Å²) in [6, 6.07) is 4.75. The van der Waals surface area contributed by atoms with E-state index >= 15 is 0 Å². The highest BCUT2D eigenvalue weighted by molar-refractivity contribution is 8.12. The molecule has 2 N–H and O–H groups in total. The molecule has 1 amide bonds. The summed E-state index contributed by atoms with van der Waals surface area (Å²) in [4.78, 5) is 16.5. The molecule has 126 valence electrons. The minimum atomic E-state index is -0.374. The highest BCUT2D eigenvalue weighted by Crippen LogP contribution is 2.26. The molecule has 0 saturated heterocycles. The Kier molecular flexibility index (Phi) is 5.31. The van der Waals surface area contributed by atoms with Gasteiger partial charge in [-0.3, -0.25) is 15.1 Å². The molecule has 2 unspecified atom stereocenters. The number of aromatic hydroxyl groups is 1. The third-order valence-electron chi connectivity index (χ3n) is 3.47. The van der Waals surface area contributed by atoms with Crippen LogP contribution in [0.1, 0.15) is 23.7 Å². The number of nitrogens with zero attached hydrogens (tertiary/aromatic N) is 3. The molecule has 7 nitrogen and oxygen atoms in total. The molecular weight excluding hydrogens is 348 g/mol. The van der Waals surface area contributed by atoms with Crippen LogP contribution in [0.3, 0.4) is 0 Å². The number of hydrogen-bond donors (Lipinski definition) is 2. The van der Waals surface area contributed by atoms with Gasteiger partial charge in [0.25, 0.3) is 5.91 Å². The van der Waals surface area contributed by atoms with Gasteiger partial charge in [0, 0.05) is 16.9 Å². The lowest BCUT2D eigenvalue weighted by Crippen LogP contribution is -2.17. The van der Waals surface area contributed by atoms with E-state index in [9.17, 15) is 9.90 Å². The Bertz CT molecular complexity index is 736. The molecule has 1 aromatic carbocycles. The molecule has 0 saturated carbocycles. The summed E-state index contributed by atoms with van der Waals surface area (Å²) in [5.41, 5.74) is 3.70. The standard InChI is InChI=1S/C15H16N4O3S2/c1-9-13(23-7-16-9)2-3-22-12-5-10(4-11(20)6-12)14(21)18-15-19-17-8-24-15/h4-9,13,20H,2-3H2,1H3,(H,18,19,21). The second-order valence-electron chi connectivity index (χ2n) is 5.22. The van der Waals surface area contributed by atoms with Crippen LogP contribution in [-0.4, -0.2) is 44.7 Å². The Hall–Kier alpha value is -2.13. The van der Waals surface area contributed by atoms with E-state index in [0.717, 1.165) is 6.42 Å². The van der Waals surface area contributed by atoms with Gasteiger partial charge >= 0.3 is 0 Å². The Labute approximate surface area is 147 Å². The Morgan fingerprint density at radius 2 is 2.29 bits per heavy atom. The van der Waals surface area contributed by atoms with Crippen molar-refractivity contribution >= 4 is 39.7 Å².